The summed E-state index contributed by atoms with van der Waals surface area (Å²) >= 11 is 0. The number of likely N-dealkylation sites (N-methyl/N-ethyl adjacent to an activating group) is 2. The first-order valence-corrected chi connectivity index (χ1v) is 10.2. The number of H-pyrrole nitrogens is 1. The number of hydrogen-bond acceptors (Lipinski definition) is 4. The Labute approximate surface area is 152 Å². The number of aromatic amines is 1. The fraction of sp³-hybridized carbons (Fsp3) is 0.850. The molecule has 0 aromatic carbocycles. The fourth-order valence-corrected chi connectivity index (χ4v) is 5.03. The van der Waals surface area contributed by atoms with Crippen molar-refractivity contribution in [2.75, 3.05) is 33.7 Å². The van der Waals surface area contributed by atoms with Crippen LogP contribution < -0.4 is 5.32 Å². The van der Waals surface area contributed by atoms with E-state index in [1.165, 1.54) is 43.4 Å². The smallest absolute Gasteiger partial charge is 0.0596 e. The molecule has 142 valence electrons. The number of aromatic nitrogens is 2. The highest BCUT2D eigenvalue weighted by atomic mass is 16.3. The zero-order valence-corrected chi connectivity index (χ0v) is 16.1. The maximum absolute atomic E-state index is 10.7. The molecule has 0 unspecified atom stereocenters. The van der Waals surface area contributed by atoms with Crippen molar-refractivity contribution in [2.45, 2.75) is 69.8 Å². The van der Waals surface area contributed by atoms with E-state index < -0.39 is 0 Å². The Kier molecular flexibility index (Phi) is 6.53. The van der Waals surface area contributed by atoms with E-state index in [-0.39, 0.29) is 11.5 Å². The van der Waals surface area contributed by atoms with E-state index in [4.69, 9.17) is 0 Å². The van der Waals surface area contributed by atoms with Gasteiger partial charge in [-0.25, -0.2) is 0 Å². The fourth-order valence-electron chi connectivity index (χ4n) is 5.03. The third-order valence-corrected chi connectivity index (χ3v) is 6.66. The van der Waals surface area contributed by atoms with E-state index in [0.717, 1.165) is 45.3 Å². The highest BCUT2D eigenvalue weighted by Gasteiger charge is 2.44. The highest BCUT2D eigenvalue weighted by Crippen LogP contribution is 2.52. The molecule has 2 aliphatic rings. The van der Waals surface area contributed by atoms with Crippen LogP contribution in [0.1, 0.15) is 68.5 Å². The van der Waals surface area contributed by atoms with Crippen LogP contribution in [0.15, 0.2) is 6.20 Å². The summed E-state index contributed by atoms with van der Waals surface area (Å²) in [6.45, 7) is 3.16. The number of hydrogen-bond donors (Lipinski definition) is 3. The monoisotopic (exact) mass is 348 g/mol. The second-order valence-corrected chi connectivity index (χ2v) is 8.38. The quantitative estimate of drug-likeness (QED) is 0.709. The van der Waals surface area contributed by atoms with Crippen LogP contribution in [0.3, 0.4) is 0 Å². The molecule has 2 fully saturated rings. The first-order chi connectivity index (χ1) is 12.1. The molecule has 1 heterocycles. The average Bonchev–Trinajstić information content (AvgIpc) is 3.10. The molecule has 0 amide bonds. The first kappa shape index (κ1) is 18.9. The van der Waals surface area contributed by atoms with Crippen molar-refractivity contribution in [3.05, 3.63) is 17.5 Å². The zero-order valence-electron chi connectivity index (χ0n) is 16.1. The third kappa shape index (κ3) is 4.44. The van der Waals surface area contributed by atoms with Crippen LogP contribution in [-0.2, 0) is 6.42 Å². The summed E-state index contributed by atoms with van der Waals surface area (Å²) in [5, 5.41) is 21.6. The number of nitrogens with one attached hydrogen (secondary N) is 2. The lowest BCUT2D eigenvalue weighted by Crippen LogP contribution is -2.42. The second kappa shape index (κ2) is 8.65. The lowest BCUT2D eigenvalue weighted by molar-refractivity contribution is -0.0437. The Morgan fingerprint density at radius 1 is 1.28 bits per heavy atom. The first-order valence-electron chi connectivity index (χ1n) is 10.2. The number of aliphatic hydroxyl groups excluding tert-OH is 1. The minimum Gasteiger partial charge on any atom is -0.393 e. The maximum Gasteiger partial charge on any atom is 0.0596 e. The number of nitrogens with zero attached hydrogens (tertiary/aromatic N) is 2. The molecule has 1 aromatic heterocycles. The molecule has 2 aliphatic carbocycles. The van der Waals surface area contributed by atoms with Gasteiger partial charge >= 0.3 is 0 Å². The highest BCUT2D eigenvalue weighted by molar-refractivity contribution is 5.23. The van der Waals surface area contributed by atoms with Gasteiger partial charge in [0.2, 0.25) is 0 Å². The maximum atomic E-state index is 10.7. The van der Waals surface area contributed by atoms with Gasteiger partial charge < -0.3 is 15.3 Å². The minimum atomic E-state index is -0.0944. The summed E-state index contributed by atoms with van der Waals surface area (Å²) in [6.07, 6.45) is 12.5. The molecule has 0 aliphatic heterocycles. The van der Waals surface area contributed by atoms with E-state index in [0.29, 0.717) is 5.92 Å². The van der Waals surface area contributed by atoms with Crippen molar-refractivity contribution in [3.63, 3.8) is 0 Å². The molecular formula is C20H36N4O. The van der Waals surface area contributed by atoms with Gasteiger partial charge in [0.05, 0.1) is 12.3 Å². The van der Waals surface area contributed by atoms with Crippen LogP contribution in [0.2, 0.25) is 0 Å². The van der Waals surface area contributed by atoms with Gasteiger partial charge in [0.15, 0.2) is 0 Å². The van der Waals surface area contributed by atoms with E-state index in [2.05, 4.69) is 27.5 Å². The standard InChI is InChI=1S/C20H36N4O/c1-21-11-13-24(2)12-8-17-15-22-23-19(17)16-6-7-18(25)20(14-16)9-4-3-5-10-20/h15-16,18,21,25H,3-14H2,1-2H3,(H,22,23)/t16-,18-/m0/s1. The van der Waals surface area contributed by atoms with Gasteiger partial charge in [0.1, 0.15) is 0 Å². The Hall–Kier alpha value is -0.910. The lowest BCUT2D eigenvalue weighted by atomic mass is 9.60. The van der Waals surface area contributed by atoms with Gasteiger partial charge in [0, 0.05) is 31.2 Å². The van der Waals surface area contributed by atoms with Crippen LogP contribution in [0.4, 0.5) is 0 Å². The molecule has 0 bridgehead atoms. The van der Waals surface area contributed by atoms with Gasteiger partial charge in [-0.05, 0) is 63.6 Å². The molecule has 2 atom stereocenters. The Morgan fingerprint density at radius 3 is 2.84 bits per heavy atom. The summed E-state index contributed by atoms with van der Waals surface area (Å²) < 4.78 is 0. The SMILES string of the molecule is CNCCN(C)CCc1cn[nH]c1[C@H]1CC[C@H](O)C2(CCCCC2)C1. The normalized spacial score (nSPS) is 26.4. The van der Waals surface area contributed by atoms with Crippen molar-refractivity contribution < 1.29 is 5.11 Å². The van der Waals surface area contributed by atoms with E-state index in [1.54, 1.807) is 0 Å². The topological polar surface area (TPSA) is 64.2 Å². The summed E-state index contributed by atoms with van der Waals surface area (Å²) in [7, 11) is 4.19. The van der Waals surface area contributed by atoms with Gasteiger partial charge in [-0.15, -0.1) is 0 Å². The van der Waals surface area contributed by atoms with Crippen LogP contribution >= 0.6 is 0 Å². The van der Waals surface area contributed by atoms with E-state index >= 15 is 0 Å². The van der Waals surface area contributed by atoms with Crippen LogP contribution in [0.25, 0.3) is 0 Å². The van der Waals surface area contributed by atoms with Crippen molar-refractivity contribution >= 4 is 0 Å². The van der Waals surface area contributed by atoms with E-state index in [9.17, 15) is 5.11 Å². The average molecular weight is 349 g/mol. The largest absolute Gasteiger partial charge is 0.393 e. The molecule has 5 nitrogen and oxygen atoms in total. The van der Waals surface area contributed by atoms with Crippen LogP contribution in [0.5, 0.6) is 0 Å². The Bertz CT molecular complexity index is 524. The molecule has 2 saturated carbocycles. The van der Waals surface area contributed by atoms with Gasteiger partial charge in [0.25, 0.3) is 0 Å². The zero-order chi connectivity index (χ0) is 17.7. The molecule has 1 aromatic rings. The second-order valence-electron chi connectivity index (χ2n) is 8.38. The number of rotatable bonds is 7. The van der Waals surface area contributed by atoms with Crippen molar-refractivity contribution in [2.24, 2.45) is 5.41 Å². The van der Waals surface area contributed by atoms with Crippen molar-refractivity contribution in [1.82, 2.24) is 20.4 Å². The van der Waals surface area contributed by atoms with Crippen molar-refractivity contribution in [1.29, 1.82) is 0 Å². The Morgan fingerprint density at radius 2 is 2.08 bits per heavy atom. The summed E-state index contributed by atoms with van der Waals surface area (Å²) in [4.78, 5) is 2.38. The predicted molar refractivity (Wildman–Crippen MR) is 102 cm³/mol. The summed E-state index contributed by atoms with van der Waals surface area (Å²) in [5.74, 6) is 0.543. The molecule has 0 saturated heterocycles. The predicted octanol–water partition coefficient (Wildman–Crippen LogP) is 2.68. The molecular weight excluding hydrogens is 312 g/mol. The third-order valence-electron chi connectivity index (χ3n) is 6.66. The molecule has 1 spiro atoms. The summed E-state index contributed by atoms with van der Waals surface area (Å²) in [5.41, 5.74) is 2.90. The molecule has 0 radical (unpaired) electrons. The van der Waals surface area contributed by atoms with Gasteiger partial charge in [-0.1, -0.05) is 19.3 Å². The van der Waals surface area contributed by atoms with E-state index in [1.807, 2.05) is 13.2 Å². The lowest BCUT2D eigenvalue weighted by Gasteiger charge is -2.47. The molecule has 3 rings (SSSR count). The summed E-state index contributed by atoms with van der Waals surface area (Å²) in [6, 6.07) is 0. The number of aliphatic hydroxyl groups is 1. The minimum absolute atomic E-state index is 0.0944. The van der Waals surface area contributed by atoms with Crippen LogP contribution in [0, 0.1) is 5.41 Å². The van der Waals surface area contributed by atoms with Gasteiger partial charge in [-0.2, -0.15) is 5.10 Å². The molecule has 5 heteroatoms. The Balaban J connectivity index is 1.63. The van der Waals surface area contributed by atoms with Crippen molar-refractivity contribution in [3.8, 4) is 0 Å². The van der Waals surface area contributed by atoms with Gasteiger partial charge in [-0.3, -0.25) is 5.10 Å². The van der Waals surface area contributed by atoms with Crippen LogP contribution in [-0.4, -0.2) is 60.0 Å². The molecule has 25 heavy (non-hydrogen) atoms. The molecule has 3 N–H and O–H groups in total.